The van der Waals surface area contributed by atoms with Crippen LogP contribution in [0, 0.1) is 0 Å². The number of rotatable bonds is 2. The predicted octanol–water partition coefficient (Wildman–Crippen LogP) is 4.71. The Balaban J connectivity index is 1.45. The Kier molecular flexibility index (Phi) is 4.40. The van der Waals surface area contributed by atoms with E-state index in [1.54, 1.807) is 0 Å². The quantitative estimate of drug-likeness (QED) is 0.707. The average molecular weight is 427 g/mol. The van der Waals surface area contributed by atoms with Gasteiger partial charge in [0.1, 0.15) is 5.70 Å². The van der Waals surface area contributed by atoms with E-state index in [1.807, 2.05) is 0 Å². The molecule has 0 radical (unpaired) electrons. The van der Waals surface area contributed by atoms with Crippen molar-refractivity contribution in [3.8, 4) is 0 Å². The first-order valence-electron chi connectivity index (χ1n) is 11.3. The van der Waals surface area contributed by atoms with Crippen LogP contribution < -0.4 is 0 Å². The Morgan fingerprint density at radius 1 is 1.07 bits per heavy atom. The van der Waals surface area contributed by atoms with Gasteiger partial charge in [-0.25, -0.2) is 4.79 Å². The van der Waals surface area contributed by atoms with Gasteiger partial charge in [-0.1, -0.05) is 36.9 Å². The lowest BCUT2D eigenvalue weighted by Crippen LogP contribution is -2.41. The van der Waals surface area contributed by atoms with E-state index in [9.17, 15) is 9.90 Å². The molecule has 2 aromatic rings. The van der Waals surface area contributed by atoms with Crippen molar-refractivity contribution in [2.24, 2.45) is 0 Å². The highest BCUT2D eigenvalue weighted by molar-refractivity contribution is 6.42. The SMILES string of the molecule is O=C1OC(O)C(N2CCn3c4c(c5cc(C6CCCCC6)ccc53)CCCC42)=C1Cl. The lowest BCUT2D eigenvalue weighted by atomic mass is 9.83. The maximum absolute atomic E-state index is 11.9. The number of halogens is 1. The Labute approximate surface area is 181 Å². The third kappa shape index (κ3) is 2.68. The molecule has 1 aromatic carbocycles. The number of carbonyl (C=O) groups is 1. The Morgan fingerprint density at radius 2 is 1.90 bits per heavy atom. The van der Waals surface area contributed by atoms with Gasteiger partial charge in [0.25, 0.3) is 0 Å². The first-order chi connectivity index (χ1) is 14.6. The molecule has 3 heterocycles. The lowest BCUT2D eigenvalue weighted by Gasteiger charge is -2.42. The molecule has 5 nitrogen and oxygen atoms in total. The van der Waals surface area contributed by atoms with E-state index < -0.39 is 12.3 Å². The molecule has 2 atom stereocenters. The number of nitrogens with zero attached hydrogens (tertiary/aromatic N) is 2. The minimum atomic E-state index is -1.26. The van der Waals surface area contributed by atoms with E-state index in [-0.39, 0.29) is 11.1 Å². The van der Waals surface area contributed by atoms with Gasteiger partial charge in [0.2, 0.25) is 6.29 Å². The van der Waals surface area contributed by atoms with E-state index in [0.717, 1.165) is 25.8 Å². The molecule has 158 valence electrons. The molecule has 4 aliphatic rings. The van der Waals surface area contributed by atoms with E-state index in [0.29, 0.717) is 18.2 Å². The number of ether oxygens (including phenoxy) is 1. The molecule has 0 saturated heterocycles. The van der Waals surface area contributed by atoms with Crippen molar-refractivity contribution in [3.63, 3.8) is 0 Å². The van der Waals surface area contributed by atoms with Crippen LogP contribution in [0.25, 0.3) is 10.9 Å². The summed E-state index contributed by atoms with van der Waals surface area (Å²) >= 11 is 6.25. The van der Waals surface area contributed by atoms with Crippen molar-refractivity contribution in [2.75, 3.05) is 6.54 Å². The zero-order chi connectivity index (χ0) is 20.4. The fraction of sp³-hybridized carbons (Fsp3) is 0.542. The molecule has 0 spiro atoms. The first kappa shape index (κ1) is 18.8. The molecule has 2 aliphatic heterocycles. The maximum atomic E-state index is 11.9. The van der Waals surface area contributed by atoms with Crippen molar-refractivity contribution in [2.45, 2.75) is 76.2 Å². The summed E-state index contributed by atoms with van der Waals surface area (Å²) in [6, 6.07) is 7.26. The summed E-state index contributed by atoms with van der Waals surface area (Å²) in [6.07, 6.45) is 8.59. The fourth-order valence-corrected chi connectivity index (χ4v) is 6.54. The van der Waals surface area contributed by atoms with E-state index >= 15 is 0 Å². The molecule has 6 rings (SSSR count). The van der Waals surface area contributed by atoms with E-state index in [4.69, 9.17) is 16.3 Å². The first-order valence-corrected chi connectivity index (χ1v) is 11.7. The van der Waals surface area contributed by atoms with Gasteiger partial charge in [0.05, 0.1) is 6.04 Å². The minimum absolute atomic E-state index is 0.0266. The van der Waals surface area contributed by atoms with Crippen LogP contribution in [0.1, 0.15) is 73.7 Å². The van der Waals surface area contributed by atoms with Crippen LogP contribution in [0.5, 0.6) is 0 Å². The third-order valence-corrected chi connectivity index (χ3v) is 7.99. The van der Waals surface area contributed by atoms with Gasteiger partial charge in [-0.15, -0.1) is 0 Å². The summed E-state index contributed by atoms with van der Waals surface area (Å²) in [5.74, 6) is 0.0716. The van der Waals surface area contributed by atoms with Crippen LogP contribution in [0.4, 0.5) is 0 Å². The number of aliphatic hydroxyl groups excluding tert-OH is 1. The highest BCUT2D eigenvalue weighted by Crippen LogP contribution is 2.46. The molecule has 2 aliphatic carbocycles. The molecule has 6 heteroatoms. The second-order valence-corrected chi connectivity index (χ2v) is 9.56. The van der Waals surface area contributed by atoms with Crippen LogP contribution in [-0.2, 0) is 22.5 Å². The number of aromatic nitrogens is 1. The zero-order valence-corrected chi connectivity index (χ0v) is 17.8. The number of aliphatic hydroxyl groups is 1. The van der Waals surface area contributed by atoms with Gasteiger partial charge in [-0.3, -0.25) is 0 Å². The number of cyclic esters (lactones) is 1. The second-order valence-electron chi connectivity index (χ2n) is 9.19. The maximum Gasteiger partial charge on any atom is 0.354 e. The molecule has 0 amide bonds. The largest absolute Gasteiger partial charge is 0.425 e. The van der Waals surface area contributed by atoms with Gasteiger partial charge >= 0.3 is 5.97 Å². The normalized spacial score (nSPS) is 27.0. The van der Waals surface area contributed by atoms with Crippen molar-refractivity contribution in [1.82, 2.24) is 9.47 Å². The van der Waals surface area contributed by atoms with Crippen LogP contribution in [0.15, 0.2) is 28.9 Å². The summed E-state index contributed by atoms with van der Waals surface area (Å²) in [7, 11) is 0. The number of esters is 1. The molecule has 1 fully saturated rings. The summed E-state index contributed by atoms with van der Waals surface area (Å²) in [5, 5.41) is 11.7. The van der Waals surface area contributed by atoms with Crippen molar-refractivity contribution in [3.05, 3.63) is 45.7 Å². The Hall–Kier alpha value is -1.98. The van der Waals surface area contributed by atoms with Crippen molar-refractivity contribution < 1.29 is 14.6 Å². The van der Waals surface area contributed by atoms with Gasteiger partial charge in [-0.2, -0.15) is 0 Å². The molecule has 1 N–H and O–H groups in total. The van der Waals surface area contributed by atoms with Crippen LogP contribution in [0.2, 0.25) is 0 Å². The highest BCUT2D eigenvalue weighted by atomic mass is 35.5. The summed E-state index contributed by atoms with van der Waals surface area (Å²) < 4.78 is 7.44. The van der Waals surface area contributed by atoms with Crippen molar-refractivity contribution >= 4 is 28.5 Å². The standard InChI is InChI=1S/C24H27ClN2O3/c25-20-22(24(29)30-23(20)28)27-12-11-26-18-10-9-15(14-5-2-1-3-6-14)13-17(18)16-7-4-8-19(27)21(16)26/h9-10,13-14,19,24,29H,1-8,11-12H2. The van der Waals surface area contributed by atoms with Crippen molar-refractivity contribution in [1.29, 1.82) is 0 Å². The summed E-state index contributed by atoms with van der Waals surface area (Å²) in [6.45, 7) is 1.53. The fourth-order valence-electron chi connectivity index (χ4n) is 6.29. The molecular weight excluding hydrogens is 400 g/mol. The second kappa shape index (κ2) is 7.03. The molecule has 2 unspecified atom stereocenters. The van der Waals surface area contributed by atoms with Crippen LogP contribution >= 0.6 is 11.6 Å². The molecule has 1 aromatic heterocycles. The lowest BCUT2D eigenvalue weighted by molar-refractivity contribution is -0.153. The minimum Gasteiger partial charge on any atom is -0.425 e. The van der Waals surface area contributed by atoms with E-state index in [1.165, 1.54) is 59.8 Å². The van der Waals surface area contributed by atoms with E-state index in [2.05, 4.69) is 27.7 Å². The number of fused-ring (bicyclic) bond motifs is 3. The highest BCUT2D eigenvalue weighted by Gasteiger charge is 2.42. The Morgan fingerprint density at radius 3 is 2.67 bits per heavy atom. The molecular formula is C24H27ClN2O3. The molecule has 30 heavy (non-hydrogen) atoms. The van der Waals surface area contributed by atoms with Gasteiger partial charge in [0.15, 0.2) is 5.03 Å². The topological polar surface area (TPSA) is 54.7 Å². The smallest absolute Gasteiger partial charge is 0.354 e. The van der Waals surface area contributed by atoms with Gasteiger partial charge in [-0.05, 0) is 61.3 Å². The number of benzene rings is 1. The van der Waals surface area contributed by atoms with Crippen LogP contribution in [-0.4, -0.2) is 33.4 Å². The number of hydrogen-bond acceptors (Lipinski definition) is 4. The Bertz CT molecular complexity index is 1070. The van der Waals surface area contributed by atoms with Crippen LogP contribution in [0.3, 0.4) is 0 Å². The zero-order valence-electron chi connectivity index (χ0n) is 17.1. The van der Waals surface area contributed by atoms with Gasteiger partial charge < -0.3 is 19.3 Å². The predicted molar refractivity (Wildman–Crippen MR) is 115 cm³/mol. The number of hydrogen-bond donors (Lipinski definition) is 1. The molecule has 1 saturated carbocycles. The third-order valence-electron chi connectivity index (χ3n) is 7.64. The number of carbonyl (C=O) groups excluding carboxylic acids is 1. The summed E-state index contributed by atoms with van der Waals surface area (Å²) in [5.41, 5.74) is 6.05. The summed E-state index contributed by atoms with van der Waals surface area (Å²) in [4.78, 5) is 14.0. The monoisotopic (exact) mass is 426 g/mol. The average Bonchev–Trinajstić information content (AvgIpc) is 3.23. The molecule has 0 bridgehead atoms. The van der Waals surface area contributed by atoms with Gasteiger partial charge in [0, 0.05) is 29.7 Å². The number of aryl methyl sites for hydroxylation is 1.